The van der Waals surface area contributed by atoms with Crippen molar-refractivity contribution in [3.8, 4) is 5.75 Å². The van der Waals surface area contributed by atoms with Gasteiger partial charge in [0, 0.05) is 25.8 Å². The van der Waals surface area contributed by atoms with E-state index in [1.165, 1.54) is 11.1 Å². The average molecular weight is 249 g/mol. The van der Waals surface area contributed by atoms with Crippen LogP contribution in [0.2, 0.25) is 0 Å². The molecule has 1 saturated heterocycles. The highest BCUT2D eigenvalue weighted by molar-refractivity contribution is 5.38. The van der Waals surface area contributed by atoms with E-state index in [9.17, 15) is 0 Å². The van der Waals surface area contributed by atoms with Crippen LogP contribution >= 0.6 is 0 Å². The third-order valence-electron chi connectivity index (χ3n) is 3.57. The van der Waals surface area contributed by atoms with E-state index in [0.717, 1.165) is 45.0 Å². The molecule has 1 aliphatic heterocycles. The molecule has 1 aromatic carbocycles. The second-order valence-electron chi connectivity index (χ2n) is 4.89. The molecule has 2 rings (SSSR count). The van der Waals surface area contributed by atoms with Crippen molar-refractivity contribution in [3.05, 3.63) is 29.3 Å². The van der Waals surface area contributed by atoms with E-state index in [2.05, 4.69) is 25.2 Å². The van der Waals surface area contributed by atoms with Crippen LogP contribution in [-0.2, 0) is 4.74 Å². The quantitative estimate of drug-likeness (QED) is 0.813. The molecule has 0 saturated carbocycles. The fraction of sp³-hybridized carbons (Fsp3) is 0.600. The Labute approximate surface area is 109 Å². The fourth-order valence-corrected chi connectivity index (χ4v) is 2.21. The van der Waals surface area contributed by atoms with Crippen molar-refractivity contribution in [2.45, 2.75) is 32.7 Å². The normalized spacial score (nSPS) is 16.8. The standard InChI is InChI=1S/C15H23NO2/c1-12-4-3-5-15(13(12)2)18-11-8-16-14-6-9-17-10-7-14/h3-5,14,16H,6-11H2,1-2H3. The predicted octanol–water partition coefficient (Wildman–Crippen LogP) is 2.45. The zero-order valence-corrected chi connectivity index (χ0v) is 11.4. The number of ether oxygens (including phenoxy) is 2. The summed E-state index contributed by atoms with van der Waals surface area (Å²) in [5.74, 6) is 1.00. The largest absolute Gasteiger partial charge is 0.492 e. The molecule has 1 N–H and O–H groups in total. The van der Waals surface area contributed by atoms with Crippen LogP contribution in [0, 0.1) is 13.8 Å². The summed E-state index contributed by atoms with van der Waals surface area (Å²) < 4.78 is 11.1. The molecule has 1 heterocycles. The van der Waals surface area contributed by atoms with Gasteiger partial charge in [-0.2, -0.15) is 0 Å². The Morgan fingerprint density at radius 2 is 2.06 bits per heavy atom. The summed E-state index contributed by atoms with van der Waals surface area (Å²) in [7, 11) is 0. The number of nitrogens with one attached hydrogen (secondary N) is 1. The summed E-state index contributed by atoms with van der Waals surface area (Å²) in [5, 5.41) is 3.52. The lowest BCUT2D eigenvalue weighted by Crippen LogP contribution is -2.37. The molecule has 1 fully saturated rings. The molecule has 18 heavy (non-hydrogen) atoms. The minimum absolute atomic E-state index is 0.598. The van der Waals surface area contributed by atoms with Crippen molar-refractivity contribution in [3.63, 3.8) is 0 Å². The van der Waals surface area contributed by atoms with E-state index < -0.39 is 0 Å². The molecule has 0 amide bonds. The molecular weight excluding hydrogens is 226 g/mol. The Kier molecular flexibility index (Phi) is 5.02. The summed E-state index contributed by atoms with van der Waals surface area (Å²) in [6, 6.07) is 6.80. The zero-order valence-electron chi connectivity index (χ0n) is 11.4. The first-order valence-electron chi connectivity index (χ1n) is 6.77. The Morgan fingerprint density at radius 1 is 1.28 bits per heavy atom. The van der Waals surface area contributed by atoms with E-state index in [-0.39, 0.29) is 0 Å². The van der Waals surface area contributed by atoms with Crippen LogP contribution in [0.25, 0.3) is 0 Å². The second-order valence-corrected chi connectivity index (χ2v) is 4.89. The molecular formula is C15H23NO2. The Hall–Kier alpha value is -1.06. The Morgan fingerprint density at radius 3 is 2.83 bits per heavy atom. The van der Waals surface area contributed by atoms with Crippen LogP contribution in [0.1, 0.15) is 24.0 Å². The lowest BCUT2D eigenvalue weighted by atomic mass is 10.1. The predicted molar refractivity (Wildman–Crippen MR) is 73.3 cm³/mol. The lowest BCUT2D eigenvalue weighted by Gasteiger charge is -2.23. The van der Waals surface area contributed by atoms with Gasteiger partial charge in [0.1, 0.15) is 12.4 Å². The maximum Gasteiger partial charge on any atom is 0.122 e. The summed E-state index contributed by atoms with van der Waals surface area (Å²) in [6.07, 6.45) is 2.23. The highest BCUT2D eigenvalue weighted by Gasteiger charge is 2.12. The van der Waals surface area contributed by atoms with Gasteiger partial charge in [-0.3, -0.25) is 0 Å². The molecule has 1 aliphatic rings. The van der Waals surface area contributed by atoms with Crippen LogP contribution in [0.4, 0.5) is 0 Å². The molecule has 0 aliphatic carbocycles. The van der Waals surface area contributed by atoms with Crippen molar-refractivity contribution in [2.24, 2.45) is 0 Å². The van der Waals surface area contributed by atoms with Crippen LogP contribution < -0.4 is 10.1 Å². The van der Waals surface area contributed by atoms with E-state index in [1.54, 1.807) is 0 Å². The van der Waals surface area contributed by atoms with Crippen molar-refractivity contribution in [1.82, 2.24) is 5.32 Å². The van der Waals surface area contributed by atoms with Crippen LogP contribution in [0.5, 0.6) is 5.75 Å². The molecule has 0 radical (unpaired) electrons. The van der Waals surface area contributed by atoms with Crippen LogP contribution in [0.3, 0.4) is 0 Å². The summed E-state index contributed by atoms with van der Waals surface area (Å²) in [4.78, 5) is 0. The summed E-state index contributed by atoms with van der Waals surface area (Å²) in [5.41, 5.74) is 2.52. The van der Waals surface area contributed by atoms with Gasteiger partial charge in [-0.15, -0.1) is 0 Å². The molecule has 1 aromatic rings. The number of rotatable bonds is 5. The van der Waals surface area contributed by atoms with E-state index in [4.69, 9.17) is 9.47 Å². The smallest absolute Gasteiger partial charge is 0.122 e. The van der Waals surface area contributed by atoms with Crippen molar-refractivity contribution in [2.75, 3.05) is 26.4 Å². The molecule has 100 valence electrons. The highest BCUT2D eigenvalue weighted by Crippen LogP contribution is 2.20. The fourth-order valence-electron chi connectivity index (χ4n) is 2.21. The molecule has 0 bridgehead atoms. The molecule has 0 unspecified atom stereocenters. The number of hydrogen-bond donors (Lipinski definition) is 1. The van der Waals surface area contributed by atoms with Gasteiger partial charge in [0.2, 0.25) is 0 Å². The first-order chi connectivity index (χ1) is 8.77. The number of aryl methyl sites for hydroxylation is 1. The van der Waals surface area contributed by atoms with Gasteiger partial charge in [0.25, 0.3) is 0 Å². The second kappa shape index (κ2) is 6.76. The highest BCUT2D eigenvalue weighted by atomic mass is 16.5. The lowest BCUT2D eigenvalue weighted by molar-refractivity contribution is 0.0770. The maximum atomic E-state index is 5.81. The summed E-state index contributed by atoms with van der Waals surface area (Å²) >= 11 is 0. The van der Waals surface area contributed by atoms with E-state index in [0.29, 0.717) is 6.04 Å². The number of hydrogen-bond acceptors (Lipinski definition) is 3. The van der Waals surface area contributed by atoms with Crippen LogP contribution in [-0.4, -0.2) is 32.4 Å². The first-order valence-corrected chi connectivity index (χ1v) is 6.77. The van der Waals surface area contributed by atoms with Gasteiger partial charge in [-0.05, 0) is 43.9 Å². The van der Waals surface area contributed by atoms with Crippen LogP contribution in [0.15, 0.2) is 18.2 Å². The van der Waals surface area contributed by atoms with Crippen molar-refractivity contribution in [1.29, 1.82) is 0 Å². The number of benzene rings is 1. The van der Waals surface area contributed by atoms with Gasteiger partial charge >= 0.3 is 0 Å². The SMILES string of the molecule is Cc1cccc(OCCNC2CCOCC2)c1C. The van der Waals surface area contributed by atoms with E-state index >= 15 is 0 Å². The van der Waals surface area contributed by atoms with Gasteiger partial charge < -0.3 is 14.8 Å². The monoisotopic (exact) mass is 249 g/mol. The summed E-state index contributed by atoms with van der Waals surface area (Å²) in [6.45, 7) is 7.61. The third kappa shape index (κ3) is 3.72. The zero-order chi connectivity index (χ0) is 12.8. The van der Waals surface area contributed by atoms with Gasteiger partial charge in [0.15, 0.2) is 0 Å². The average Bonchev–Trinajstić information content (AvgIpc) is 2.40. The minimum Gasteiger partial charge on any atom is -0.492 e. The van der Waals surface area contributed by atoms with Crippen molar-refractivity contribution >= 4 is 0 Å². The Balaban J connectivity index is 1.70. The third-order valence-corrected chi connectivity index (χ3v) is 3.57. The van der Waals surface area contributed by atoms with E-state index in [1.807, 2.05) is 12.1 Å². The minimum atomic E-state index is 0.598. The molecule has 3 heteroatoms. The van der Waals surface area contributed by atoms with Gasteiger partial charge in [-0.1, -0.05) is 12.1 Å². The molecule has 3 nitrogen and oxygen atoms in total. The Bertz CT molecular complexity index is 373. The topological polar surface area (TPSA) is 30.5 Å². The molecule has 0 atom stereocenters. The maximum absolute atomic E-state index is 5.81. The van der Waals surface area contributed by atoms with Gasteiger partial charge in [-0.25, -0.2) is 0 Å². The molecule has 0 spiro atoms. The molecule has 0 aromatic heterocycles. The first kappa shape index (κ1) is 13.4. The van der Waals surface area contributed by atoms with Crippen molar-refractivity contribution < 1.29 is 9.47 Å². The van der Waals surface area contributed by atoms with Gasteiger partial charge in [0.05, 0.1) is 0 Å².